The summed E-state index contributed by atoms with van der Waals surface area (Å²) >= 11 is 0. The van der Waals surface area contributed by atoms with Gasteiger partial charge in [-0.2, -0.15) is 0 Å². The maximum Gasteiger partial charge on any atom is 0.251 e. The van der Waals surface area contributed by atoms with E-state index >= 15 is 0 Å². The second-order valence-electron chi connectivity index (χ2n) is 6.29. The molecule has 29 heavy (non-hydrogen) atoms. The maximum atomic E-state index is 12.8. The van der Waals surface area contributed by atoms with Gasteiger partial charge in [-0.25, -0.2) is 0 Å². The predicted octanol–water partition coefficient (Wildman–Crippen LogP) is 4.77. The van der Waals surface area contributed by atoms with Gasteiger partial charge in [-0.05, 0) is 70.5 Å². The molecular formula is C23H31NO5. The van der Waals surface area contributed by atoms with Gasteiger partial charge in [-0.1, -0.05) is 6.07 Å². The number of ether oxygens (including phenoxy) is 4. The Morgan fingerprint density at radius 1 is 0.759 bits per heavy atom. The summed E-state index contributed by atoms with van der Waals surface area (Å²) in [6.07, 6.45) is 0. The lowest BCUT2D eigenvalue weighted by atomic mass is 10.1. The highest BCUT2D eigenvalue weighted by molar-refractivity contribution is 5.95. The first-order valence-corrected chi connectivity index (χ1v) is 10.1. The molecule has 1 atom stereocenters. The summed E-state index contributed by atoms with van der Waals surface area (Å²) in [6.45, 7) is 11.7. The molecule has 0 bridgehead atoms. The van der Waals surface area contributed by atoms with E-state index in [2.05, 4.69) is 5.32 Å². The van der Waals surface area contributed by atoms with Crippen LogP contribution in [0.3, 0.4) is 0 Å². The fourth-order valence-electron chi connectivity index (χ4n) is 2.89. The van der Waals surface area contributed by atoms with Crippen molar-refractivity contribution in [3.63, 3.8) is 0 Å². The second-order valence-corrected chi connectivity index (χ2v) is 6.29. The Bertz CT molecular complexity index is 806. The Labute approximate surface area is 173 Å². The van der Waals surface area contributed by atoms with E-state index in [-0.39, 0.29) is 11.9 Å². The molecule has 0 heterocycles. The normalized spacial score (nSPS) is 11.5. The molecule has 0 radical (unpaired) electrons. The van der Waals surface area contributed by atoms with Crippen molar-refractivity contribution in [2.45, 2.75) is 40.7 Å². The number of carbonyl (C=O) groups excluding carboxylic acids is 1. The molecule has 0 fully saturated rings. The van der Waals surface area contributed by atoms with Gasteiger partial charge in [0.25, 0.3) is 5.91 Å². The quantitative estimate of drug-likeness (QED) is 0.587. The van der Waals surface area contributed by atoms with Crippen LogP contribution in [0.5, 0.6) is 23.0 Å². The summed E-state index contributed by atoms with van der Waals surface area (Å²) in [5.41, 5.74) is 1.45. The number of nitrogens with one attached hydrogen (secondary N) is 1. The van der Waals surface area contributed by atoms with Crippen LogP contribution in [-0.2, 0) is 0 Å². The van der Waals surface area contributed by atoms with Crippen LogP contribution in [0.25, 0.3) is 0 Å². The van der Waals surface area contributed by atoms with E-state index in [9.17, 15) is 4.79 Å². The van der Waals surface area contributed by atoms with Crippen molar-refractivity contribution in [3.8, 4) is 23.0 Å². The Hall–Kier alpha value is -2.89. The highest BCUT2D eigenvalue weighted by atomic mass is 16.5. The fraction of sp³-hybridized carbons (Fsp3) is 0.435. The molecule has 2 aromatic carbocycles. The number of amides is 1. The van der Waals surface area contributed by atoms with Gasteiger partial charge in [-0.15, -0.1) is 0 Å². The van der Waals surface area contributed by atoms with E-state index in [1.54, 1.807) is 18.2 Å². The first-order valence-electron chi connectivity index (χ1n) is 10.1. The van der Waals surface area contributed by atoms with Crippen molar-refractivity contribution in [1.82, 2.24) is 5.32 Å². The molecule has 6 heteroatoms. The number of hydrogen-bond donors (Lipinski definition) is 1. The number of rotatable bonds is 11. The van der Waals surface area contributed by atoms with Crippen LogP contribution < -0.4 is 24.3 Å². The van der Waals surface area contributed by atoms with Crippen molar-refractivity contribution in [2.75, 3.05) is 26.4 Å². The van der Waals surface area contributed by atoms with Gasteiger partial charge in [0.2, 0.25) is 0 Å². The highest BCUT2D eigenvalue weighted by Gasteiger charge is 2.16. The maximum absolute atomic E-state index is 12.8. The monoisotopic (exact) mass is 401 g/mol. The molecule has 2 rings (SSSR count). The van der Waals surface area contributed by atoms with E-state index in [0.717, 1.165) is 5.56 Å². The predicted molar refractivity (Wildman–Crippen MR) is 113 cm³/mol. The average molecular weight is 402 g/mol. The molecule has 0 unspecified atom stereocenters. The molecule has 6 nitrogen and oxygen atoms in total. The fourth-order valence-corrected chi connectivity index (χ4v) is 2.89. The van der Waals surface area contributed by atoms with Crippen LogP contribution in [0.1, 0.15) is 56.6 Å². The minimum absolute atomic E-state index is 0.187. The lowest BCUT2D eigenvalue weighted by Crippen LogP contribution is -2.26. The first kappa shape index (κ1) is 22.4. The van der Waals surface area contributed by atoms with Gasteiger partial charge < -0.3 is 24.3 Å². The smallest absolute Gasteiger partial charge is 0.251 e. The lowest BCUT2D eigenvalue weighted by Gasteiger charge is -2.18. The SMILES string of the molecule is CCOc1ccc(C(=O)N[C@H](C)c2ccc(OCC)c(OCC)c2)cc1OCC. The molecule has 0 aromatic heterocycles. The molecule has 0 aliphatic rings. The lowest BCUT2D eigenvalue weighted by molar-refractivity contribution is 0.0939. The van der Waals surface area contributed by atoms with Crippen molar-refractivity contribution < 1.29 is 23.7 Å². The molecule has 0 saturated heterocycles. The van der Waals surface area contributed by atoms with Gasteiger partial charge >= 0.3 is 0 Å². The highest BCUT2D eigenvalue weighted by Crippen LogP contribution is 2.31. The zero-order chi connectivity index (χ0) is 21.2. The Kier molecular flexibility index (Phi) is 8.65. The van der Waals surface area contributed by atoms with E-state index in [1.807, 2.05) is 52.8 Å². The molecule has 2 aromatic rings. The number of benzene rings is 2. The van der Waals surface area contributed by atoms with Crippen LogP contribution >= 0.6 is 0 Å². The third-order valence-electron chi connectivity index (χ3n) is 4.22. The summed E-state index contributed by atoms with van der Waals surface area (Å²) in [4.78, 5) is 12.8. The summed E-state index contributed by atoms with van der Waals surface area (Å²) in [5.74, 6) is 2.38. The molecule has 1 N–H and O–H groups in total. The van der Waals surface area contributed by atoms with Crippen LogP contribution in [0.15, 0.2) is 36.4 Å². The molecule has 1 amide bonds. The van der Waals surface area contributed by atoms with E-state index in [1.165, 1.54) is 0 Å². The molecular weight excluding hydrogens is 370 g/mol. The third kappa shape index (κ3) is 6.04. The van der Waals surface area contributed by atoms with Gasteiger partial charge in [0.05, 0.1) is 32.5 Å². The van der Waals surface area contributed by atoms with Gasteiger partial charge in [0, 0.05) is 5.56 Å². The Morgan fingerprint density at radius 2 is 1.24 bits per heavy atom. The van der Waals surface area contributed by atoms with Crippen molar-refractivity contribution >= 4 is 5.91 Å². The van der Waals surface area contributed by atoms with Crippen molar-refractivity contribution in [3.05, 3.63) is 47.5 Å². The van der Waals surface area contributed by atoms with Gasteiger partial charge in [0.1, 0.15) is 0 Å². The summed E-state index contributed by atoms with van der Waals surface area (Å²) in [7, 11) is 0. The van der Waals surface area contributed by atoms with Crippen LogP contribution in [0.2, 0.25) is 0 Å². The first-order chi connectivity index (χ1) is 14.0. The largest absolute Gasteiger partial charge is 0.490 e. The van der Waals surface area contributed by atoms with E-state index < -0.39 is 0 Å². The topological polar surface area (TPSA) is 66.0 Å². The molecule has 0 spiro atoms. The molecule has 0 aliphatic carbocycles. The number of carbonyl (C=O) groups is 1. The van der Waals surface area contributed by atoms with Gasteiger partial charge in [0.15, 0.2) is 23.0 Å². The van der Waals surface area contributed by atoms with Crippen LogP contribution in [-0.4, -0.2) is 32.3 Å². The van der Waals surface area contributed by atoms with E-state index in [4.69, 9.17) is 18.9 Å². The standard InChI is InChI=1S/C23H31NO5/c1-6-26-19-12-10-17(14-21(19)28-8-3)16(5)24-23(25)18-11-13-20(27-7-2)22(15-18)29-9-4/h10-16H,6-9H2,1-5H3,(H,24,25)/t16-/m1/s1. The minimum Gasteiger partial charge on any atom is -0.490 e. The zero-order valence-corrected chi connectivity index (χ0v) is 17.9. The number of hydrogen-bond acceptors (Lipinski definition) is 5. The Balaban J connectivity index is 2.17. The zero-order valence-electron chi connectivity index (χ0n) is 17.9. The minimum atomic E-state index is -0.209. The third-order valence-corrected chi connectivity index (χ3v) is 4.22. The Morgan fingerprint density at radius 3 is 1.79 bits per heavy atom. The van der Waals surface area contributed by atoms with Crippen molar-refractivity contribution in [2.24, 2.45) is 0 Å². The second kappa shape index (κ2) is 11.2. The molecule has 0 saturated carbocycles. The van der Waals surface area contributed by atoms with Crippen LogP contribution in [0, 0.1) is 0 Å². The van der Waals surface area contributed by atoms with Crippen LogP contribution in [0.4, 0.5) is 0 Å². The average Bonchev–Trinajstić information content (AvgIpc) is 2.71. The summed E-state index contributed by atoms with van der Waals surface area (Å²) in [5, 5.41) is 3.02. The van der Waals surface area contributed by atoms with Gasteiger partial charge in [-0.3, -0.25) is 4.79 Å². The molecule has 158 valence electrons. The molecule has 0 aliphatic heterocycles. The summed E-state index contributed by atoms with van der Waals surface area (Å²) in [6, 6.07) is 10.7. The van der Waals surface area contributed by atoms with E-state index in [0.29, 0.717) is 55.0 Å². The van der Waals surface area contributed by atoms with Crippen molar-refractivity contribution in [1.29, 1.82) is 0 Å². The summed E-state index contributed by atoms with van der Waals surface area (Å²) < 4.78 is 22.5.